The van der Waals surface area contributed by atoms with Crippen molar-refractivity contribution in [2.45, 2.75) is 19.6 Å². The molecule has 0 saturated carbocycles. The van der Waals surface area contributed by atoms with Gasteiger partial charge >= 0.3 is 0 Å². The van der Waals surface area contributed by atoms with Gasteiger partial charge in [0.2, 0.25) is 0 Å². The van der Waals surface area contributed by atoms with Crippen LogP contribution in [0, 0.1) is 0 Å². The fourth-order valence-electron chi connectivity index (χ4n) is 1.64. The van der Waals surface area contributed by atoms with Gasteiger partial charge in [-0.05, 0) is 36.8 Å². The van der Waals surface area contributed by atoms with Crippen LogP contribution in [0.3, 0.4) is 0 Å². The molecule has 17 heavy (non-hydrogen) atoms. The summed E-state index contributed by atoms with van der Waals surface area (Å²) in [6, 6.07) is 11.9. The summed E-state index contributed by atoms with van der Waals surface area (Å²) >= 11 is 7.49. The maximum atomic E-state index is 9.07. The number of hydrogen-bond acceptors (Lipinski definition) is 3. The second-order valence-electron chi connectivity index (χ2n) is 3.87. The molecule has 0 bridgehead atoms. The van der Waals surface area contributed by atoms with Crippen molar-refractivity contribution in [2.75, 3.05) is 5.32 Å². The summed E-state index contributed by atoms with van der Waals surface area (Å²) in [6.07, 6.45) is 0. The Hall–Kier alpha value is -1.03. The summed E-state index contributed by atoms with van der Waals surface area (Å²) in [7, 11) is 0. The zero-order valence-corrected chi connectivity index (χ0v) is 11.1. The molecule has 2 N–H and O–H groups in total. The van der Waals surface area contributed by atoms with Crippen molar-refractivity contribution >= 4 is 28.6 Å². The Morgan fingerprint density at radius 3 is 2.82 bits per heavy atom. The van der Waals surface area contributed by atoms with Gasteiger partial charge in [0.25, 0.3) is 0 Å². The van der Waals surface area contributed by atoms with Gasteiger partial charge in [0.05, 0.1) is 17.0 Å². The van der Waals surface area contributed by atoms with Crippen LogP contribution in [0.5, 0.6) is 0 Å². The Morgan fingerprint density at radius 2 is 2.18 bits per heavy atom. The van der Waals surface area contributed by atoms with Crippen LogP contribution in [-0.4, -0.2) is 5.11 Å². The van der Waals surface area contributed by atoms with E-state index in [0.717, 1.165) is 15.6 Å². The van der Waals surface area contributed by atoms with Crippen molar-refractivity contribution in [3.05, 3.63) is 51.2 Å². The van der Waals surface area contributed by atoms with Gasteiger partial charge in [0.15, 0.2) is 0 Å². The average Bonchev–Trinajstić information content (AvgIpc) is 2.76. The molecule has 1 unspecified atom stereocenters. The second kappa shape index (κ2) is 5.54. The van der Waals surface area contributed by atoms with E-state index in [1.54, 1.807) is 11.3 Å². The maximum absolute atomic E-state index is 9.07. The summed E-state index contributed by atoms with van der Waals surface area (Å²) in [5, 5.41) is 12.5. The van der Waals surface area contributed by atoms with Crippen LogP contribution >= 0.6 is 22.9 Å². The normalized spacial score (nSPS) is 12.4. The molecule has 2 rings (SSSR count). The summed E-state index contributed by atoms with van der Waals surface area (Å²) < 4.78 is 0.803. The van der Waals surface area contributed by atoms with E-state index in [-0.39, 0.29) is 12.6 Å². The first-order chi connectivity index (χ1) is 8.19. The average molecular weight is 268 g/mol. The van der Waals surface area contributed by atoms with Gasteiger partial charge in [-0.25, -0.2) is 0 Å². The molecule has 0 radical (unpaired) electrons. The van der Waals surface area contributed by atoms with Crippen LogP contribution in [-0.2, 0) is 6.61 Å². The topological polar surface area (TPSA) is 32.3 Å². The molecule has 0 saturated heterocycles. The maximum Gasteiger partial charge on any atom is 0.0932 e. The molecular formula is C13H14ClNOS. The first kappa shape index (κ1) is 12.4. The minimum absolute atomic E-state index is 0.0642. The van der Waals surface area contributed by atoms with Crippen molar-refractivity contribution in [3.8, 4) is 0 Å². The molecule has 1 aromatic carbocycles. The van der Waals surface area contributed by atoms with E-state index in [9.17, 15) is 0 Å². The molecular weight excluding hydrogens is 254 g/mol. The third-order valence-corrected chi connectivity index (χ3v) is 3.93. The molecule has 0 aliphatic carbocycles. The van der Waals surface area contributed by atoms with Gasteiger partial charge in [-0.15, -0.1) is 11.3 Å². The van der Waals surface area contributed by atoms with Gasteiger partial charge in [-0.1, -0.05) is 23.7 Å². The first-order valence-electron chi connectivity index (χ1n) is 5.40. The Balaban J connectivity index is 2.09. The van der Waals surface area contributed by atoms with E-state index < -0.39 is 0 Å². The van der Waals surface area contributed by atoms with Gasteiger partial charge in [0, 0.05) is 10.6 Å². The van der Waals surface area contributed by atoms with Crippen molar-refractivity contribution in [1.82, 2.24) is 0 Å². The van der Waals surface area contributed by atoms with E-state index >= 15 is 0 Å². The van der Waals surface area contributed by atoms with Crippen LogP contribution in [0.2, 0.25) is 4.34 Å². The summed E-state index contributed by atoms with van der Waals surface area (Å²) in [4.78, 5) is 1.20. The summed E-state index contributed by atoms with van der Waals surface area (Å²) in [6.45, 7) is 2.16. The van der Waals surface area contributed by atoms with Crippen molar-refractivity contribution < 1.29 is 5.11 Å². The number of nitrogens with one attached hydrogen (secondary N) is 1. The molecule has 90 valence electrons. The van der Waals surface area contributed by atoms with Gasteiger partial charge in [-0.3, -0.25) is 0 Å². The molecule has 2 aromatic rings. The molecule has 1 heterocycles. The van der Waals surface area contributed by atoms with Gasteiger partial charge in [-0.2, -0.15) is 0 Å². The number of rotatable bonds is 4. The van der Waals surface area contributed by atoms with Crippen molar-refractivity contribution in [3.63, 3.8) is 0 Å². The Kier molecular flexibility index (Phi) is 4.05. The second-order valence-corrected chi connectivity index (χ2v) is 5.61. The number of halogens is 1. The minimum Gasteiger partial charge on any atom is -0.392 e. The Labute approximate surface area is 110 Å². The summed E-state index contributed by atoms with van der Waals surface area (Å²) in [5.74, 6) is 0. The van der Waals surface area contributed by atoms with Crippen LogP contribution in [0.15, 0.2) is 36.4 Å². The third kappa shape index (κ3) is 3.22. The number of thiophene rings is 1. The third-order valence-electron chi connectivity index (χ3n) is 2.51. The molecule has 2 nitrogen and oxygen atoms in total. The lowest BCUT2D eigenvalue weighted by Gasteiger charge is -2.14. The molecule has 1 atom stereocenters. The van der Waals surface area contributed by atoms with E-state index in [0.29, 0.717) is 0 Å². The van der Waals surface area contributed by atoms with Gasteiger partial charge in [0.1, 0.15) is 0 Å². The largest absolute Gasteiger partial charge is 0.392 e. The number of anilines is 1. The number of aliphatic hydroxyl groups excluding tert-OH is 1. The summed E-state index contributed by atoms with van der Waals surface area (Å²) in [5.41, 5.74) is 1.92. The minimum atomic E-state index is 0.0642. The lowest BCUT2D eigenvalue weighted by atomic mass is 10.2. The van der Waals surface area contributed by atoms with E-state index in [1.165, 1.54) is 4.88 Å². The SMILES string of the molecule is CC(Nc1cccc(CO)c1)c1ccc(Cl)s1. The number of aliphatic hydroxyl groups is 1. The molecule has 0 fully saturated rings. The fourth-order valence-corrected chi connectivity index (χ4v) is 2.70. The zero-order valence-electron chi connectivity index (χ0n) is 9.48. The lowest BCUT2D eigenvalue weighted by molar-refractivity contribution is 0.282. The smallest absolute Gasteiger partial charge is 0.0932 e. The Morgan fingerprint density at radius 1 is 1.35 bits per heavy atom. The molecule has 4 heteroatoms. The van der Waals surface area contributed by atoms with Crippen LogP contribution < -0.4 is 5.32 Å². The highest BCUT2D eigenvalue weighted by molar-refractivity contribution is 7.16. The molecule has 0 spiro atoms. The predicted octanol–water partition coefficient (Wildman–Crippen LogP) is 4.07. The van der Waals surface area contributed by atoms with E-state index in [1.807, 2.05) is 36.4 Å². The van der Waals surface area contributed by atoms with Crippen LogP contribution in [0.1, 0.15) is 23.4 Å². The zero-order chi connectivity index (χ0) is 12.3. The van der Waals surface area contributed by atoms with Crippen LogP contribution in [0.25, 0.3) is 0 Å². The Bertz CT molecular complexity index is 498. The lowest BCUT2D eigenvalue weighted by Crippen LogP contribution is -2.04. The molecule has 0 aliphatic rings. The fraction of sp³-hybridized carbons (Fsp3) is 0.231. The molecule has 1 aromatic heterocycles. The van der Waals surface area contributed by atoms with E-state index in [4.69, 9.17) is 16.7 Å². The first-order valence-corrected chi connectivity index (χ1v) is 6.60. The monoisotopic (exact) mass is 267 g/mol. The number of benzene rings is 1. The van der Waals surface area contributed by atoms with Crippen molar-refractivity contribution in [2.24, 2.45) is 0 Å². The van der Waals surface area contributed by atoms with Crippen LogP contribution in [0.4, 0.5) is 5.69 Å². The van der Waals surface area contributed by atoms with E-state index in [2.05, 4.69) is 12.2 Å². The van der Waals surface area contributed by atoms with Gasteiger partial charge < -0.3 is 10.4 Å². The highest BCUT2D eigenvalue weighted by Gasteiger charge is 2.08. The highest BCUT2D eigenvalue weighted by atomic mass is 35.5. The standard InChI is InChI=1S/C13H14ClNOS/c1-9(12-5-6-13(14)17-12)15-11-4-2-3-10(7-11)8-16/h2-7,9,15-16H,8H2,1H3. The molecule has 0 amide bonds. The quantitative estimate of drug-likeness (QED) is 0.875. The molecule has 0 aliphatic heterocycles. The van der Waals surface area contributed by atoms with Crippen molar-refractivity contribution in [1.29, 1.82) is 0 Å². The number of hydrogen-bond donors (Lipinski definition) is 2. The predicted molar refractivity (Wildman–Crippen MR) is 73.7 cm³/mol. The highest BCUT2D eigenvalue weighted by Crippen LogP contribution is 2.29.